The van der Waals surface area contributed by atoms with E-state index < -0.39 is 0 Å². The highest BCUT2D eigenvalue weighted by Crippen LogP contribution is 2.16. The van der Waals surface area contributed by atoms with E-state index in [0.29, 0.717) is 5.56 Å². The summed E-state index contributed by atoms with van der Waals surface area (Å²) < 4.78 is 14.6. The summed E-state index contributed by atoms with van der Waals surface area (Å²) >= 11 is 0. The number of ketones is 1. The molecule has 0 unspecified atom stereocenters. The van der Waals surface area contributed by atoms with Crippen LogP contribution in [0.5, 0.6) is 0 Å². The standard InChI is InChI=1S/C19H15FN2O/c1-14-18(19(23)12-7-15-5-3-2-4-6-15)13-21-22(14)17-10-8-16(20)9-11-17/h2-13H,1H3. The van der Waals surface area contributed by atoms with E-state index in [4.69, 9.17) is 0 Å². The van der Waals surface area contributed by atoms with Gasteiger partial charge in [0.05, 0.1) is 23.1 Å². The second-order valence-electron chi connectivity index (χ2n) is 5.14. The molecule has 1 heterocycles. The van der Waals surface area contributed by atoms with Crippen molar-refractivity contribution in [3.63, 3.8) is 0 Å². The minimum atomic E-state index is -0.305. The molecule has 0 aliphatic carbocycles. The van der Waals surface area contributed by atoms with Gasteiger partial charge in [0.15, 0.2) is 5.78 Å². The SMILES string of the molecule is Cc1c(C(=O)C=Cc2ccccc2)cnn1-c1ccc(F)cc1. The zero-order chi connectivity index (χ0) is 16.2. The van der Waals surface area contributed by atoms with Crippen molar-refractivity contribution in [1.29, 1.82) is 0 Å². The van der Waals surface area contributed by atoms with E-state index in [0.717, 1.165) is 16.9 Å². The number of benzene rings is 2. The summed E-state index contributed by atoms with van der Waals surface area (Å²) in [6.07, 6.45) is 4.85. The highest BCUT2D eigenvalue weighted by atomic mass is 19.1. The molecule has 0 spiro atoms. The monoisotopic (exact) mass is 306 g/mol. The number of hydrogen-bond donors (Lipinski definition) is 0. The number of carbonyl (C=O) groups is 1. The first-order valence-corrected chi connectivity index (χ1v) is 7.23. The average molecular weight is 306 g/mol. The van der Waals surface area contributed by atoms with Crippen LogP contribution >= 0.6 is 0 Å². The van der Waals surface area contributed by atoms with Crippen LogP contribution in [-0.2, 0) is 0 Å². The Balaban J connectivity index is 1.85. The molecule has 4 heteroatoms. The third-order valence-electron chi connectivity index (χ3n) is 3.57. The smallest absolute Gasteiger partial charge is 0.189 e. The molecule has 0 fully saturated rings. The number of carbonyl (C=O) groups excluding carboxylic acids is 1. The molecular formula is C19H15FN2O. The van der Waals surface area contributed by atoms with E-state index in [1.54, 1.807) is 22.9 Å². The molecule has 0 N–H and O–H groups in total. The first-order chi connectivity index (χ1) is 11.1. The predicted octanol–water partition coefficient (Wildman–Crippen LogP) is 4.22. The fourth-order valence-corrected chi connectivity index (χ4v) is 2.32. The Morgan fingerprint density at radius 3 is 2.48 bits per heavy atom. The van der Waals surface area contributed by atoms with Crippen molar-refractivity contribution >= 4 is 11.9 Å². The van der Waals surface area contributed by atoms with E-state index in [1.165, 1.54) is 24.4 Å². The van der Waals surface area contributed by atoms with Gasteiger partial charge in [0.25, 0.3) is 0 Å². The van der Waals surface area contributed by atoms with Crippen LogP contribution in [-0.4, -0.2) is 15.6 Å². The summed E-state index contributed by atoms with van der Waals surface area (Å²) in [5.41, 5.74) is 2.93. The number of allylic oxidation sites excluding steroid dienone is 1. The van der Waals surface area contributed by atoms with E-state index in [9.17, 15) is 9.18 Å². The fourth-order valence-electron chi connectivity index (χ4n) is 2.32. The molecule has 0 saturated carbocycles. The third-order valence-corrected chi connectivity index (χ3v) is 3.57. The van der Waals surface area contributed by atoms with Crippen molar-refractivity contribution in [2.45, 2.75) is 6.92 Å². The summed E-state index contributed by atoms with van der Waals surface area (Å²) in [5, 5.41) is 4.23. The fraction of sp³-hybridized carbons (Fsp3) is 0.0526. The Morgan fingerprint density at radius 2 is 1.78 bits per heavy atom. The summed E-state index contributed by atoms with van der Waals surface area (Å²) in [7, 11) is 0. The molecule has 0 atom stereocenters. The lowest BCUT2D eigenvalue weighted by molar-refractivity contribution is 0.104. The third kappa shape index (κ3) is 3.26. The van der Waals surface area contributed by atoms with Crippen LogP contribution in [0.1, 0.15) is 21.6 Å². The Hall–Kier alpha value is -3.01. The first-order valence-electron chi connectivity index (χ1n) is 7.23. The maximum Gasteiger partial charge on any atom is 0.189 e. The molecular weight excluding hydrogens is 291 g/mol. The van der Waals surface area contributed by atoms with Crippen molar-refractivity contribution < 1.29 is 9.18 Å². The zero-order valence-electron chi connectivity index (χ0n) is 12.6. The zero-order valence-corrected chi connectivity index (χ0v) is 12.6. The Kier molecular flexibility index (Phi) is 4.15. The molecule has 3 nitrogen and oxygen atoms in total. The van der Waals surface area contributed by atoms with Crippen LogP contribution < -0.4 is 0 Å². The predicted molar refractivity (Wildman–Crippen MR) is 88.1 cm³/mol. The van der Waals surface area contributed by atoms with Gasteiger partial charge >= 0.3 is 0 Å². The Morgan fingerprint density at radius 1 is 1.09 bits per heavy atom. The van der Waals surface area contributed by atoms with Gasteiger partial charge in [0.1, 0.15) is 5.82 Å². The molecule has 2 aromatic carbocycles. The molecule has 114 valence electrons. The van der Waals surface area contributed by atoms with Crippen LogP contribution in [0.15, 0.2) is 66.9 Å². The van der Waals surface area contributed by atoms with Gasteiger partial charge in [-0.15, -0.1) is 0 Å². The van der Waals surface area contributed by atoms with E-state index >= 15 is 0 Å². The van der Waals surface area contributed by atoms with Gasteiger partial charge in [0, 0.05) is 0 Å². The Labute approximate surface area is 133 Å². The van der Waals surface area contributed by atoms with Crippen LogP contribution in [0.4, 0.5) is 4.39 Å². The molecule has 0 radical (unpaired) electrons. The lowest BCUT2D eigenvalue weighted by Gasteiger charge is -2.04. The summed E-state index contributed by atoms with van der Waals surface area (Å²) in [4.78, 5) is 12.3. The summed E-state index contributed by atoms with van der Waals surface area (Å²) in [6.45, 7) is 1.82. The van der Waals surface area contributed by atoms with Crippen molar-refractivity contribution in [3.8, 4) is 5.69 Å². The number of nitrogens with zero attached hydrogens (tertiary/aromatic N) is 2. The van der Waals surface area contributed by atoms with Gasteiger partial charge in [0.2, 0.25) is 0 Å². The Bertz CT molecular complexity index is 849. The van der Waals surface area contributed by atoms with Crippen molar-refractivity contribution in [1.82, 2.24) is 9.78 Å². The molecule has 3 rings (SSSR count). The van der Waals surface area contributed by atoms with Crippen LogP contribution in [0.3, 0.4) is 0 Å². The molecule has 0 aliphatic heterocycles. The van der Waals surface area contributed by atoms with E-state index in [-0.39, 0.29) is 11.6 Å². The number of aromatic nitrogens is 2. The van der Waals surface area contributed by atoms with Crippen LogP contribution in [0.2, 0.25) is 0 Å². The van der Waals surface area contributed by atoms with E-state index in [2.05, 4.69) is 5.10 Å². The largest absolute Gasteiger partial charge is 0.289 e. The minimum Gasteiger partial charge on any atom is -0.289 e. The van der Waals surface area contributed by atoms with Crippen LogP contribution in [0.25, 0.3) is 11.8 Å². The molecule has 0 amide bonds. The van der Waals surface area contributed by atoms with Gasteiger partial charge in [-0.3, -0.25) is 4.79 Å². The van der Waals surface area contributed by atoms with Gasteiger partial charge in [-0.05, 0) is 42.8 Å². The molecule has 1 aromatic heterocycles. The number of hydrogen-bond acceptors (Lipinski definition) is 2. The molecule has 0 bridgehead atoms. The van der Waals surface area contributed by atoms with Gasteiger partial charge < -0.3 is 0 Å². The minimum absolute atomic E-state index is 0.111. The second-order valence-corrected chi connectivity index (χ2v) is 5.14. The topological polar surface area (TPSA) is 34.9 Å². The summed E-state index contributed by atoms with van der Waals surface area (Å²) in [5.74, 6) is -0.416. The normalized spacial score (nSPS) is 11.0. The maximum atomic E-state index is 13.0. The van der Waals surface area contributed by atoms with E-state index in [1.807, 2.05) is 37.3 Å². The highest BCUT2D eigenvalue weighted by Gasteiger charge is 2.13. The maximum absolute atomic E-state index is 13.0. The molecule has 0 saturated heterocycles. The van der Waals surface area contributed by atoms with Crippen molar-refractivity contribution in [3.05, 3.63) is 89.5 Å². The van der Waals surface area contributed by atoms with Crippen molar-refractivity contribution in [2.24, 2.45) is 0 Å². The second kappa shape index (κ2) is 6.40. The number of halogens is 1. The van der Waals surface area contributed by atoms with Crippen LogP contribution in [0, 0.1) is 12.7 Å². The van der Waals surface area contributed by atoms with Gasteiger partial charge in [-0.25, -0.2) is 9.07 Å². The first kappa shape index (κ1) is 14.9. The summed E-state index contributed by atoms with van der Waals surface area (Å²) in [6, 6.07) is 15.6. The lowest BCUT2D eigenvalue weighted by atomic mass is 10.1. The number of rotatable bonds is 4. The molecule has 23 heavy (non-hydrogen) atoms. The quantitative estimate of drug-likeness (QED) is 0.534. The van der Waals surface area contributed by atoms with Gasteiger partial charge in [-0.2, -0.15) is 5.10 Å². The van der Waals surface area contributed by atoms with Gasteiger partial charge in [-0.1, -0.05) is 36.4 Å². The van der Waals surface area contributed by atoms with Crippen molar-refractivity contribution in [2.75, 3.05) is 0 Å². The lowest BCUT2D eigenvalue weighted by Crippen LogP contribution is -2.01. The molecule has 0 aliphatic rings. The molecule has 3 aromatic rings. The highest BCUT2D eigenvalue weighted by molar-refractivity contribution is 6.07. The average Bonchev–Trinajstić information content (AvgIpc) is 2.96.